The molecule has 0 bridgehead atoms. The van der Waals surface area contributed by atoms with E-state index in [4.69, 9.17) is 5.73 Å². The second-order valence-electron chi connectivity index (χ2n) is 5.20. The van der Waals surface area contributed by atoms with E-state index in [1.54, 1.807) is 4.68 Å². The maximum absolute atomic E-state index is 12.5. The third-order valence-electron chi connectivity index (χ3n) is 3.52. The van der Waals surface area contributed by atoms with Crippen molar-refractivity contribution in [2.45, 2.75) is 19.3 Å². The van der Waals surface area contributed by atoms with Gasteiger partial charge in [-0.2, -0.15) is 5.10 Å². The number of alkyl halides is 3. The van der Waals surface area contributed by atoms with Crippen LogP contribution in [0.2, 0.25) is 0 Å². The highest BCUT2D eigenvalue weighted by Crippen LogP contribution is 2.30. The minimum Gasteiger partial charge on any atom is -0.406 e. The molecular formula is C14H14ClF3N4O2. The maximum Gasteiger partial charge on any atom is 0.573 e. The number of ether oxygens (including phenoxy) is 1. The largest absolute Gasteiger partial charge is 0.573 e. The van der Waals surface area contributed by atoms with Gasteiger partial charge in [0.25, 0.3) is 5.91 Å². The van der Waals surface area contributed by atoms with E-state index in [-0.39, 0.29) is 41.5 Å². The van der Waals surface area contributed by atoms with Gasteiger partial charge in [0, 0.05) is 12.2 Å². The highest BCUT2D eigenvalue weighted by molar-refractivity contribution is 6.08. The first-order valence-corrected chi connectivity index (χ1v) is 6.77. The van der Waals surface area contributed by atoms with E-state index in [0.29, 0.717) is 12.2 Å². The van der Waals surface area contributed by atoms with Gasteiger partial charge in [-0.05, 0) is 31.2 Å². The lowest BCUT2D eigenvalue weighted by Gasteiger charge is -2.32. The minimum atomic E-state index is -4.75. The number of fused-ring (bicyclic) bond motifs is 1. The lowest BCUT2D eigenvalue weighted by atomic mass is 10.1. The van der Waals surface area contributed by atoms with Crippen molar-refractivity contribution in [2.24, 2.45) is 0 Å². The monoisotopic (exact) mass is 362 g/mol. The van der Waals surface area contributed by atoms with Crippen LogP contribution in [0.4, 0.5) is 24.5 Å². The minimum absolute atomic E-state index is 0. The van der Waals surface area contributed by atoms with Crippen LogP contribution in [-0.4, -0.2) is 28.6 Å². The molecule has 0 unspecified atom stereocenters. The predicted octanol–water partition coefficient (Wildman–Crippen LogP) is 3.01. The van der Waals surface area contributed by atoms with E-state index in [9.17, 15) is 18.0 Å². The van der Waals surface area contributed by atoms with Crippen molar-refractivity contribution in [3.63, 3.8) is 0 Å². The highest BCUT2D eigenvalue weighted by atomic mass is 35.5. The number of anilines is 2. The van der Waals surface area contributed by atoms with E-state index in [1.807, 2.05) is 6.92 Å². The highest BCUT2D eigenvalue weighted by Gasteiger charge is 2.33. The smallest absolute Gasteiger partial charge is 0.406 e. The van der Waals surface area contributed by atoms with E-state index in [0.717, 1.165) is 12.1 Å². The number of rotatable bonds is 2. The summed E-state index contributed by atoms with van der Waals surface area (Å²) in [5.41, 5.74) is 6.78. The average Bonchev–Trinajstić information content (AvgIpc) is 2.85. The Bertz CT molecular complexity index is 745. The van der Waals surface area contributed by atoms with E-state index < -0.39 is 6.36 Å². The van der Waals surface area contributed by atoms with Gasteiger partial charge in [0.15, 0.2) is 0 Å². The van der Waals surface area contributed by atoms with E-state index >= 15 is 0 Å². The van der Waals surface area contributed by atoms with E-state index in [2.05, 4.69) is 9.84 Å². The molecule has 130 valence electrons. The molecule has 0 fully saturated rings. The molecule has 1 amide bonds. The third kappa shape index (κ3) is 3.25. The molecule has 2 aromatic rings. The van der Waals surface area contributed by atoms with Crippen molar-refractivity contribution in [3.8, 4) is 5.75 Å². The zero-order chi connectivity index (χ0) is 16.8. The van der Waals surface area contributed by atoms with Crippen LogP contribution in [0.25, 0.3) is 0 Å². The molecule has 24 heavy (non-hydrogen) atoms. The number of hydrogen-bond donors (Lipinski definition) is 1. The number of aromatic nitrogens is 2. The summed E-state index contributed by atoms with van der Waals surface area (Å²) in [5.74, 6) is -0.689. The van der Waals surface area contributed by atoms with Crippen LogP contribution < -0.4 is 15.4 Å². The Kier molecular flexibility index (Phi) is 4.66. The number of nitrogens with two attached hydrogens (primary N) is 1. The molecule has 6 nitrogen and oxygen atoms in total. The molecule has 3 rings (SSSR count). The van der Waals surface area contributed by atoms with Crippen molar-refractivity contribution in [1.29, 1.82) is 0 Å². The molecule has 10 heteroatoms. The summed E-state index contributed by atoms with van der Waals surface area (Å²) in [5, 5.41) is 4.07. The van der Waals surface area contributed by atoms with Gasteiger partial charge in [0.1, 0.15) is 11.4 Å². The SMILES string of the molecule is C[C@H]1CN(c2ccc(OC(F)(F)F)cc2)C(=O)c2c(N)cnn21.Cl. The molecule has 1 atom stereocenters. The van der Waals surface area contributed by atoms with Crippen LogP contribution in [0.15, 0.2) is 30.5 Å². The summed E-state index contributed by atoms with van der Waals surface area (Å²) in [7, 11) is 0. The predicted molar refractivity (Wildman–Crippen MR) is 83.4 cm³/mol. The molecule has 0 aliphatic carbocycles. The normalized spacial score (nSPS) is 17.2. The quantitative estimate of drug-likeness (QED) is 0.891. The summed E-state index contributed by atoms with van der Waals surface area (Å²) in [6.45, 7) is 2.21. The Morgan fingerprint density at radius 1 is 1.29 bits per heavy atom. The molecule has 1 aromatic heterocycles. The first-order valence-electron chi connectivity index (χ1n) is 6.77. The Labute approximate surface area is 141 Å². The molecule has 0 saturated carbocycles. The second-order valence-corrected chi connectivity index (χ2v) is 5.20. The van der Waals surface area contributed by atoms with Crippen LogP contribution in [0.1, 0.15) is 23.5 Å². The fourth-order valence-electron chi connectivity index (χ4n) is 2.53. The summed E-state index contributed by atoms with van der Waals surface area (Å²) in [6, 6.07) is 5.01. The van der Waals surface area contributed by atoms with Crippen LogP contribution in [0.3, 0.4) is 0 Å². The molecule has 0 radical (unpaired) electrons. The fraction of sp³-hybridized carbons (Fsp3) is 0.286. The molecule has 1 aliphatic heterocycles. The van der Waals surface area contributed by atoms with Gasteiger partial charge in [-0.1, -0.05) is 0 Å². The summed E-state index contributed by atoms with van der Waals surface area (Å²) < 4.78 is 41.9. The summed E-state index contributed by atoms with van der Waals surface area (Å²) in [6.07, 6.45) is -3.34. The van der Waals surface area contributed by atoms with Crippen molar-refractivity contribution in [1.82, 2.24) is 9.78 Å². The molecule has 2 heterocycles. The van der Waals surface area contributed by atoms with E-state index in [1.165, 1.54) is 23.2 Å². The first kappa shape index (κ1) is 17.9. The van der Waals surface area contributed by atoms with Gasteiger partial charge in [0.2, 0.25) is 0 Å². The van der Waals surface area contributed by atoms with Crippen molar-refractivity contribution in [2.75, 3.05) is 17.2 Å². The lowest BCUT2D eigenvalue weighted by Crippen LogP contribution is -2.42. The topological polar surface area (TPSA) is 73.4 Å². The maximum atomic E-state index is 12.5. The van der Waals surface area contributed by atoms with Crippen molar-refractivity contribution >= 4 is 29.7 Å². The zero-order valence-electron chi connectivity index (χ0n) is 12.4. The zero-order valence-corrected chi connectivity index (χ0v) is 13.3. The van der Waals surface area contributed by atoms with Crippen LogP contribution in [-0.2, 0) is 0 Å². The molecule has 1 aliphatic rings. The molecule has 2 N–H and O–H groups in total. The Hall–Kier alpha value is -2.42. The van der Waals surface area contributed by atoms with Crippen LogP contribution in [0.5, 0.6) is 5.75 Å². The van der Waals surface area contributed by atoms with Gasteiger partial charge in [-0.3, -0.25) is 9.48 Å². The number of carbonyl (C=O) groups is 1. The van der Waals surface area contributed by atoms with Gasteiger partial charge in [-0.25, -0.2) is 0 Å². The van der Waals surface area contributed by atoms with Crippen molar-refractivity contribution < 1.29 is 22.7 Å². The molecule has 1 aromatic carbocycles. The number of nitrogen functional groups attached to an aromatic ring is 1. The Balaban J connectivity index is 0.00000208. The third-order valence-corrected chi connectivity index (χ3v) is 3.52. The summed E-state index contributed by atoms with van der Waals surface area (Å²) >= 11 is 0. The Morgan fingerprint density at radius 2 is 1.92 bits per heavy atom. The van der Waals surface area contributed by atoms with Crippen LogP contribution >= 0.6 is 12.4 Å². The number of nitrogens with zero attached hydrogens (tertiary/aromatic N) is 3. The lowest BCUT2D eigenvalue weighted by molar-refractivity contribution is -0.274. The standard InChI is InChI=1S/C14H13F3N4O2.ClH/c1-8-7-20(13(22)12-11(18)6-19-21(8)12)9-2-4-10(5-3-9)23-14(15,16)17;/h2-6,8H,7,18H2,1H3;1H/t8-;/m0./s1. The number of halogens is 4. The van der Waals surface area contributed by atoms with Gasteiger partial charge >= 0.3 is 6.36 Å². The number of benzene rings is 1. The Morgan fingerprint density at radius 3 is 2.50 bits per heavy atom. The second kappa shape index (κ2) is 6.23. The fourth-order valence-corrected chi connectivity index (χ4v) is 2.53. The molecular weight excluding hydrogens is 349 g/mol. The number of carbonyl (C=O) groups excluding carboxylic acids is 1. The summed E-state index contributed by atoms with van der Waals surface area (Å²) in [4.78, 5) is 14.0. The molecule has 0 spiro atoms. The number of amides is 1. The van der Waals surface area contributed by atoms with Gasteiger partial charge in [0.05, 0.1) is 17.9 Å². The first-order chi connectivity index (χ1) is 10.8. The average molecular weight is 363 g/mol. The number of hydrogen-bond acceptors (Lipinski definition) is 4. The van der Waals surface area contributed by atoms with Crippen LogP contribution in [0, 0.1) is 0 Å². The van der Waals surface area contributed by atoms with Gasteiger partial charge in [-0.15, -0.1) is 25.6 Å². The van der Waals surface area contributed by atoms with Crippen molar-refractivity contribution in [3.05, 3.63) is 36.2 Å². The molecule has 0 saturated heterocycles. The van der Waals surface area contributed by atoms with Gasteiger partial charge < -0.3 is 15.4 Å².